The Hall–Kier alpha value is -2.34. The predicted molar refractivity (Wildman–Crippen MR) is 70.4 cm³/mol. The number of pyridine rings is 1. The number of rotatable bonds is 2. The van der Waals surface area contributed by atoms with E-state index in [1.54, 1.807) is 16.7 Å². The van der Waals surface area contributed by atoms with Gasteiger partial charge in [0.2, 0.25) is 0 Å². The van der Waals surface area contributed by atoms with Crippen LogP contribution in [0.4, 0.5) is 0 Å². The molecule has 1 aromatic carbocycles. The van der Waals surface area contributed by atoms with Crippen molar-refractivity contribution in [3.63, 3.8) is 0 Å². The van der Waals surface area contributed by atoms with E-state index < -0.39 is 0 Å². The molecule has 0 bridgehead atoms. The molecule has 2 rings (SSSR count). The molecule has 90 valence electrons. The van der Waals surface area contributed by atoms with Crippen LogP contribution in [0.2, 0.25) is 0 Å². The van der Waals surface area contributed by atoms with Crippen LogP contribution in [0.3, 0.4) is 0 Å². The molecule has 2 aromatic rings. The third kappa shape index (κ3) is 2.18. The third-order valence-electron chi connectivity index (χ3n) is 3.10. The Morgan fingerprint density at radius 1 is 1.17 bits per heavy atom. The summed E-state index contributed by atoms with van der Waals surface area (Å²) in [5.74, 6) is 0. The molecule has 0 unspecified atom stereocenters. The number of nitrogens with zero attached hydrogens (tertiary/aromatic N) is 2. The van der Waals surface area contributed by atoms with E-state index in [-0.39, 0.29) is 11.1 Å². The van der Waals surface area contributed by atoms with Crippen LogP contribution in [0.15, 0.2) is 41.2 Å². The molecule has 0 atom stereocenters. The summed E-state index contributed by atoms with van der Waals surface area (Å²) in [7, 11) is 0. The van der Waals surface area contributed by atoms with Gasteiger partial charge in [-0.3, -0.25) is 4.79 Å². The highest BCUT2D eigenvalue weighted by atomic mass is 16.1. The molecule has 0 radical (unpaired) electrons. The third-order valence-corrected chi connectivity index (χ3v) is 3.10. The lowest BCUT2D eigenvalue weighted by Gasteiger charge is -2.11. The Morgan fingerprint density at radius 3 is 2.56 bits per heavy atom. The van der Waals surface area contributed by atoms with Crippen LogP contribution < -0.4 is 5.56 Å². The Kier molecular flexibility index (Phi) is 3.29. The lowest BCUT2D eigenvalue weighted by Crippen LogP contribution is -2.25. The van der Waals surface area contributed by atoms with Crippen LogP contribution >= 0.6 is 0 Å². The molecule has 0 aliphatic rings. The predicted octanol–water partition coefficient (Wildman–Crippen LogP) is 2.39. The first-order chi connectivity index (χ1) is 8.63. The number of aryl methyl sites for hydroxylation is 2. The summed E-state index contributed by atoms with van der Waals surface area (Å²) in [4.78, 5) is 12.1. The van der Waals surface area contributed by atoms with Gasteiger partial charge in [0.05, 0.1) is 6.54 Å². The van der Waals surface area contributed by atoms with Gasteiger partial charge in [-0.05, 0) is 37.1 Å². The minimum Gasteiger partial charge on any atom is -0.307 e. The van der Waals surface area contributed by atoms with Crippen molar-refractivity contribution in [1.29, 1.82) is 5.26 Å². The van der Waals surface area contributed by atoms with E-state index >= 15 is 0 Å². The first-order valence-corrected chi connectivity index (χ1v) is 5.78. The van der Waals surface area contributed by atoms with E-state index in [2.05, 4.69) is 0 Å². The van der Waals surface area contributed by atoms with E-state index in [1.165, 1.54) is 0 Å². The Bertz CT molecular complexity index is 678. The molecule has 0 saturated heterocycles. The minimum absolute atomic E-state index is 0.189. The van der Waals surface area contributed by atoms with Crippen LogP contribution in [0.5, 0.6) is 0 Å². The second-order valence-corrected chi connectivity index (χ2v) is 4.32. The summed E-state index contributed by atoms with van der Waals surface area (Å²) < 4.78 is 1.64. The fourth-order valence-corrected chi connectivity index (χ4v) is 1.91. The van der Waals surface area contributed by atoms with Crippen LogP contribution in [-0.2, 0) is 6.54 Å². The van der Waals surface area contributed by atoms with Crippen molar-refractivity contribution in [3.8, 4) is 6.07 Å². The summed E-state index contributed by atoms with van der Waals surface area (Å²) in [6.07, 6.45) is 0. The van der Waals surface area contributed by atoms with Crippen molar-refractivity contribution >= 4 is 0 Å². The first-order valence-electron chi connectivity index (χ1n) is 5.78. The molecule has 3 nitrogen and oxygen atoms in total. The molecule has 0 N–H and O–H groups in total. The fourth-order valence-electron chi connectivity index (χ4n) is 1.91. The Balaban J connectivity index is 2.51. The zero-order valence-corrected chi connectivity index (χ0v) is 10.5. The highest BCUT2D eigenvalue weighted by Crippen LogP contribution is 2.09. The number of benzene rings is 1. The van der Waals surface area contributed by atoms with Crippen molar-refractivity contribution in [2.45, 2.75) is 20.4 Å². The molecule has 0 spiro atoms. The van der Waals surface area contributed by atoms with Crippen molar-refractivity contribution in [1.82, 2.24) is 4.57 Å². The zero-order chi connectivity index (χ0) is 13.1. The quantitative estimate of drug-likeness (QED) is 0.806. The van der Waals surface area contributed by atoms with E-state index in [0.717, 1.165) is 16.8 Å². The molecular formula is C15H14N2O. The van der Waals surface area contributed by atoms with Crippen molar-refractivity contribution in [2.75, 3.05) is 0 Å². The maximum atomic E-state index is 12.1. The molecule has 0 aliphatic carbocycles. The summed E-state index contributed by atoms with van der Waals surface area (Å²) in [5.41, 5.74) is 3.07. The molecule has 18 heavy (non-hydrogen) atoms. The average Bonchev–Trinajstić information content (AvgIpc) is 2.37. The number of hydrogen-bond donors (Lipinski definition) is 0. The normalized spacial score (nSPS) is 10.1. The van der Waals surface area contributed by atoms with Gasteiger partial charge >= 0.3 is 0 Å². The number of nitriles is 1. The van der Waals surface area contributed by atoms with Gasteiger partial charge < -0.3 is 4.57 Å². The molecule has 0 saturated carbocycles. The molecule has 0 amide bonds. The average molecular weight is 238 g/mol. The van der Waals surface area contributed by atoms with E-state index in [9.17, 15) is 4.79 Å². The van der Waals surface area contributed by atoms with Gasteiger partial charge in [0, 0.05) is 5.69 Å². The largest absolute Gasteiger partial charge is 0.307 e. The minimum atomic E-state index is -0.222. The fraction of sp³-hybridized carbons (Fsp3) is 0.200. The van der Waals surface area contributed by atoms with Gasteiger partial charge in [0.1, 0.15) is 11.6 Å². The van der Waals surface area contributed by atoms with E-state index in [4.69, 9.17) is 5.26 Å². The smallest absolute Gasteiger partial charge is 0.268 e. The topological polar surface area (TPSA) is 45.8 Å². The summed E-state index contributed by atoms with van der Waals surface area (Å²) in [6.45, 7) is 4.40. The van der Waals surface area contributed by atoms with Crippen molar-refractivity contribution in [3.05, 3.63) is 69.1 Å². The van der Waals surface area contributed by atoms with Gasteiger partial charge in [-0.1, -0.05) is 24.3 Å². The molecule has 0 aliphatic heterocycles. The van der Waals surface area contributed by atoms with Crippen molar-refractivity contribution < 1.29 is 0 Å². The highest BCUT2D eigenvalue weighted by Gasteiger charge is 2.07. The van der Waals surface area contributed by atoms with Crippen molar-refractivity contribution in [2.24, 2.45) is 0 Å². The standard InChI is InChI=1S/C15H14N2O/c1-11-5-3-4-6-14(11)10-17-12(2)7-8-13(9-16)15(17)18/h3-8H,10H2,1-2H3. The van der Waals surface area contributed by atoms with Gasteiger partial charge in [-0.25, -0.2) is 0 Å². The molecule has 1 aromatic heterocycles. The SMILES string of the molecule is Cc1ccccc1Cn1c(C)ccc(C#N)c1=O. The number of hydrogen-bond acceptors (Lipinski definition) is 2. The highest BCUT2D eigenvalue weighted by molar-refractivity contribution is 5.30. The zero-order valence-electron chi connectivity index (χ0n) is 10.5. The van der Waals surface area contributed by atoms with Gasteiger partial charge in [0.15, 0.2) is 0 Å². The second kappa shape index (κ2) is 4.89. The summed E-state index contributed by atoms with van der Waals surface area (Å²) in [6, 6.07) is 13.3. The lowest BCUT2D eigenvalue weighted by atomic mass is 10.1. The lowest BCUT2D eigenvalue weighted by molar-refractivity contribution is 0.724. The maximum Gasteiger partial charge on any atom is 0.268 e. The monoisotopic (exact) mass is 238 g/mol. The van der Waals surface area contributed by atoms with Crippen LogP contribution in [0.1, 0.15) is 22.4 Å². The Morgan fingerprint density at radius 2 is 1.89 bits per heavy atom. The van der Waals surface area contributed by atoms with Gasteiger partial charge in [0.25, 0.3) is 5.56 Å². The van der Waals surface area contributed by atoms with Crippen LogP contribution in [0, 0.1) is 25.2 Å². The van der Waals surface area contributed by atoms with Crippen LogP contribution in [-0.4, -0.2) is 4.57 Å². The maximum absolute atomic E-state index is 12.1. The van der Waals surface area contributed by atoms with Gasteiger partial charge in [-0.15, -0.1) is 0 Å². The molecular weight excluding hydrogens is 224 g/mol. The summed E-state index contributed by atoms with van der Waals surface area (Å²) in [5, 5.41) is 8.89. The first kappa shape index (κ1) is 12.1. The molecule has 3 heteroatoms. The summed E-state index contributed by atoms with van der Waals surface area (Å²) >= 11 is 0. The molecule has 1 heterocycles. The van der Waals surface area contributed by atoms with Crippen LogP contribution in [0.25, 0.3) is 0 Å². The van der Waals surface area contributed by atoms with Gasteiger partial charge in [-0.2, -0.15) is 5.26 Å². The van der Waals surface area contributed by atoms with E-state index in [1.807, 2.05) is 44.2 Å². The Labute approximate surface area is 106 Å². The number of aromatic nitrogens is 1. The molecule has 0 fully saturated rings. The second-order valence-electron chi connectivity index (χ2n) is 4.32. The van der Waals surface area contributed by atoms with E-state index in [0.29, 0.717) is 6.54 Å².